The Balaban J connectivity index is 0.000000343. The summed E-state index contributed by atoms with van der Waals surface area (Å²) >= 11 is 0. The van der Waals surface area contributed by atoms with Crippen LogP contribution in [0.25, 0.3) is 33.4 Å². The third kappa shape index (κ3) is 21.9. The number of rotatable bonds is 26. The summed E-state index contributed by atoms with van der Waals surface area (Å²) in [4.78, 5) is 100. The van der Waals surface area contributed by atoms with Crippen molar-refractivity contribution in [3.8, 4) is 47.2 Å². The molecule has 0 spiro atoms. The zero-order chi connectivity index (χ0) is 72.0. The minimum absolute atomic E-state index is 0. The first-order valence-corrected chi connectivity index (χ1v) is 29.5. The number of aliphatic hydroxyl groups excluding tert-OH is 1. The summed E-state index contributed by atoms with van der Waals surface area (Å²) in [6, 6.07) is 36.8. The molecule has 6 aromatic carbocycles. The van der Waals surface area contributed by atoms with Crippen LogP contribution in [0.4, 0.5) is 0 Å². The summed E-state index contributed by atoms with van der Waals surface area (Å²) < 4.78 is 43.0. The number of carboxylic acid groups (broad SMARTS) is 1. The first-order chi connectivity index (χ1) is 45.6. The number of fused-ring (bicyclic) bond motifs is 2. The van der Waals surface area contributed by atoms with Gasteiger partial charge in [0.25, 0.3) is 0 Å². The molecule has 0 fully saturated rings. The maximum atomic E-state index is 13.3. The Morgan fingerprint density at radius 3 is 1.19 bits per heavy atom. The van der Waals surface area contributed by atoms with Gasteiger partial charge in [0.05, 0.1) is 13.2 Å². The number of nitrogens with zero attached hydrogens (tertiary/aromatic N) is 6. The Kier molecular flexibility index (Phi) is 27.5. The van der Waals surface area contributed by atoms with Crippen LogP contribution in [0.1, 0.15) is 110 Å². The minimum Gasteiger partial charge on any atom is -0.490 e. The van der Waals surface area contributed by atoms with Gasteiger partial charge in [0.2, 0.25) is 0 Å². The number of carboxylic acids is 1. The molecule has 0 amide bonds. The molecule has 4 N–H and O–H groups in total. The largest absolute Gasteiger partial charge is 0.490 e. The first kappa shape index (κ1) is 76.5. The Labute approximate surface area is 562 Å². The van der Waals surface area contributed by atoms with Gasteiger partial charge in [-0.05, 0) is 177 Å². The molecule has 8 aromatic rings. The van der Waals surface area contributed by atoms with Crippen LogP contribution in [-0.2, 0) is 55.8 Å². The molecule has 0 saturated heterocycles. The van der Waals surface area contributed by atoms with Crippen molar-refractivity contribution in [3.05, 3.63) is 180 Å². The Morgan fingerprint density at radius 2 is 0.856 bits per heavy atom. The van der Waals surface area contributed by atoms with Gasteiger partial charge in [-0.15, -0.1) is 42.8 Å². The number of benzene rings is 6. The van der Waals surface area contributed by atoms with E-state index in [1.165, 1.54) is 89.6 Å². The lowest BCUT2D eigenvalue weighted by Crippen LogP contribution is -2.39. The molecule has 0 saturated carbocycles. The molecular weight excluding hydrogens is 1250 g/mol. The van der Waals surface area contributed by atoms with Gasteiger partial charge in [0.1, 0.15) is 70.7 Å². The van der Waals surface area contributed by atoms with Gasteiger partial charge in [-0.25, -0.2) is 9.59 Å². The van der Waals surface area contributed by atoms with Crippen molar-refractivity contribution in [2.75, 3.05) is 33.2 Å². The maximum Gasteiger partial charge on any atom is 0.333 e. The molecule has 0 aliphatic heterocycles. The van der Waals surface area contributed by atoms with Crippen LogP contribution in [-0.4, -0.2) is 142 Å². The Hall–Kier alpha value is -11.2. The number of aliphatic hydroxyl groups is 3. The second-order valence-electron chi connectivity index (χ2n) is 23.3. The highest BCUT2D eigenvalue weighted by atomic mass is 16.6. The third-order valence-corrected chi connectivity index (χ3v) is 13.6. The second-order valence-corrected chi connectivity index (χ2v) is 23.3. The lowest BCUT2D eigenvalue weighted by atomic mass is 9.94. The standard InChI is InChI=1S/C35H37N3O9.C23H23N3O6.C11H14O4.C2H2.CH4/c1-22(2)31(40)45-18-17-23-11-16-29(28(21-23)38-36-26-9-7-8-10-27(26)37-38)47-33(42)34(3,4)32(41)46-20-19-44-25-14-12-24(13-15-25)30(39)35(5,6)43;1-14(2)20(27)31-12-11-15-9-10-19(32-22(30)23(3,4)21(28)29)18(13-15)26-24-16-7-5-6-8-17(16)25-26;1-11(2,14)10(13)8-3-5-9(6-4-8)15-7-12;1-2;/h7-16,21,43H,1,17-20H2,2-6H3;5-10,13H,1,11-12H2,2-4H3,(H,28,29);3-6,12,14H,7H2,1-2H3;1-2H;1H4/i;;;1D;. The molecule has 8 rings (SSSR count). The summed E-state index contributed by atoms with van der Waals surface area (Å²) in [5.74, 6) is -4.55. The van der Waals surface area contributed by atoms with E-state index in [0.29, 0.717) is 80.1 Å². The Morgan fingerprint density at radius 1 is 0.505 bits per heavy atom. The molecule has 0 unspecified atom stereocenters. The summed E-state index contributed by atoms with van der Waals surface area (Å²) in [6.45, 7) is 20.9. The van der Waals surface area contributed by atoms with E-state index in [1.807, 2.05) is 24.3 Å². The Bertz CT molecular complexity index is 4140. The predicted octanol–water partition coefficient (Wildman–Crippen LogP) is 9.54. The van der Waals surface area contributed by atoms with Crippen molar-refractivity contribution in [2.45, 2.75) is 101 Å². The van der Waals surface area contributed by atoms with Crippen LogP contribution in [0.5, 0.6) is 23.0 Å². The van der Waals surface area contributed by atoms with E-state index in [0.717, 1.165) is 11.1 Å². The first-order valence-electron chi connectivity index (χ1n) is 30.0. The minimum atomic E-state index is -1.74. The van der Waals surface area contributed by atoms with Crippen molar-refractivity contribution < 1.29 is 93.3 Å². The second kappa shape index (κ2) is 34.8. The number of ether oxygens (including phenoxy) is 7. The average Bonchev–Trinajstić information content (AvgIpc) is 1.58. The van der Waals surface area contributed by atoms with Crippen molar-refractivity contribution >= 4 is 69.4 Å². The number of hydrogen-bond donors (Lipinski definition) is 4. The summed E-state index contributed by atoms with van der Waals surface area (Å²) in [6.07, 6.45) is 6.52. The molecule has 2 heterocycles. The molecule has 2 aromatic heterocycles. The van der Waals surface area contributed by atoms with Crippen molar-refractivity contribution in [3.63, 3.8) is 0 Å². The summed E-state index contributed by atoms with van der Waals surface area (Å²) in [7, 11) is 0. The fraction of sp³-hybridized carbons (Fsp3) is 0.306. The number of terminal acetylenes is 1. The molecule has 0 radical (unpaired) electrons. The van der Waals surface area contributed by atoms with Gasteiger partial charge in [-0.2, -0.15) is 0 Å². The zero-order valence-corrected chi connectivity index (χ0v) is 54.7. The monoisotopic (exact) mass is 1330 g/mol. The quantitative estimate of drug-likeness (QED) is 0.00451. The van der Waals surface area contributed by atoms with Gasteiger partial charge in [0, 0.05) is 35.1 Å². The average molecular weight is 1330 g/mol. The van der Waals surface area contributed by atoms with E-state index >= 15 is 0 Å². The highest BCUT2D eigenvalue weighted by molar-refractivity contribution is 6.03. The summed E-state index contributed by atoms with van der Waals surface area (Å²) in [5, 5.41) is 55.1. The van der Waals surface area contributed by atoms with E-state index in [1.54, 1.807) is 105 Å². The highest BCUT2D eigenvalue weighted by Gasteiger charge is 2.41. The van der Waals surface area contributed by atoms with E-state index in [4.69, 9.17) is 39.6 Å². The van der Waals surface area contributed by atoms with Crippen LogP contribution in [0.15, 0.2) is 158 Å². The van der Waals surface area contributed by atoms with Crippen LogP contribution in [0.2, 0.25) is 0 Å². The van der Waals surface area contributed by atoms with Crippen LogP contribution in [0.3, 0.4) is 0 Å². The van der Waals surface area contributed by atoms with Crippen LogP contribution >= 0.6 is 0 Å². The van der Waals surface area contributed by atoms with Crippen LogP contribution < -0.4 is 18.9 Å². The number of ketones is 2. The number of aromatic nitrogens is 6. The molecule has 0 atom stereocenters. The number of carbonyl (C=O) groups excluding carboxylic acids is 7. The van der Waals surface area contributed by atoms with Crippen molar-refractivity contribution in [1.82, 2.24) is 30.0 Å². The van der Waals surface area contributed by atoms with E-state index in [9.17, 15) is 53.7 Å². The fourth-order valence-electron chi connectivity index (χ4n) is 7.91. The fourth-order valence-corrected chi connectivity index (χ4v) is 7.91. The van der Waals surface area contributed by atoms with E-state index in [2.05, 4.69) is 40.0 Å². The lowest BCUT2D eigenvalue weighted by molar-refractivity contribution is -0.165. The maximum absolute atomic E-state index is 13.3. The van der Waals surface area contributed by atoms with Gasteiger partial charge in [0.15, 0.2) is 40.7 Å². The SMILES string of the molecule is C.C=C(C)C(=O)OCCc1ccc(OC(=O)C(C)(C)C(=O)O)c(-n2nc3ccccc3n2)c1.C=C(C)C(=O)OCCc1ccc(OC(=O)C(C)(C)C(=O)OCCOc2ccc(C(=O)C(C)(C)O)cc2)c(-n2nc3ccccc3n2)c1.CC(C)(O)C(=O)c1ccc(OCO)cc1.[2H]C#C. The number of hydrogen-bond acceptors (Lipinski definition) is 22. The molecular formula is C72H80N6O19. The molecule has 25 nitrogen and oxygen atoms in total. The molecule has 97 heavy (non-hydrogen) atoms. The van der Waals surface area contributed by atoms with E-state index < -0.39 is 70.4 Å². The number of carbonyl (C=O) groups is 8. The predicted molar refractivity (Wildman–Crippen MR) is 358 cm³/mol. The molecule has 0 aliphatic rings. The molecule has 512 valence electrons. The normalized spacial score (nSPS) is 11.1. The third-order valence-electron chi connectivity index (χ3n) is 13.6. The van der Waals surface area contributed by atoms with Gasteiger partial charge < -0.3 is 53.6 Å². The lowest BCUT2D eigenvalue weighted by Gasteiger charge is -2.21. The summed E-state index contributed by atoms with van der Waals surface area (Å²) in [5.41, 5.74) is -0.235. The molecule has 25 heteroatoms. The molecule has 0 bridgehead atoms. The molecule has 0 aliphatic carbocycles. The van der Waals surface area contributed by atoms with Gasteiger partial charge in [-0.3, -0.25) is 28.8 Å². The van der Waals surface area contributed by atoms with E-state index in [-0.39, 0.29) is 51.1 Å². The van der Waals surface area contributed by atoms with Crippen LogP contribution in [0, 0.1) is 23.7 Å². The van der Waals surface area contributed by atoms with Gasteiger partial charge in [-0.1, -0.05) is 57.0 Å². The highest BCUT2D eigenvalue weighted by Crippen LogP contribution is 2.31. The van der Waals surface area contributed by atoms with Crippen molar-refractivity contribution in [2.24, 2.45) is 10.8 Å². The van der Waals surface area contributed by atoms with Crippen molar-refractivity contribution in [1.29, 1.82) is 0 Å². The topological polar surface area (TPSA) is 344 Å². The number of esters is 5. The van der Waals surface area contributed by atoms with Gasteiger partial charge >= 0.3 is 35.8 Å². The zero-order valence-electron chi connectivity index (χ0n) is 55.7. The smallest absolute Gasteiger partial charge is 0.333 e. The number of Topliss-reactive ketones (excluding diaryl/α,β-unsaturated/α-hetero) is 2. The number of aliphatic carboxylic acids is 1.